The second-order valence-electron chi connectivity index (χ2n) is 10.4. The quantitative estimate of drug-likeness (QED) is 0.471. The van der Waals surface area contributed by atoms with Crippen molar-refractivity contribution in [2.24, 2.45) is 17.3 Å². The molecule has 1 aliphatic rings. The summed E-state index contributed by atoms with van der Waals surface area (Å²) < 4.78 is 5.82. The molecule has 1 aromatic heterocycles. The van der Waals surface area contributed by atoms with Crippen molar-refractivity contribution in [1.82, 2.24) is 4.98 Å². The van der Waals surface area contributed by atoms with Crippen LogP contribution in [0.1, 0.15) is 79.3 Å². The van der Waals surface area contributed by atoms with Crippen LogP contribution < -0.4 is 0 Å². The van der Waals surface area contributed by atoms with Crippen LogP contribution in [0, 0.1) is 17.3 Å². The molecule has 0 amide bonds. The molecule has 0 saturated carbocycles. The molecule has 0 fully saturated rings. The number of pyridine rings is 1. The second-order valence-corrected chi connectivity index (χ2v) is 10.4. The van der Waals surface area contributed by atoms with Crippen molar-refractivity contribution in [3.63, 3.8) is 0 Å². The number of rotatable bonds is 2. The summed E-state index contributed by atoms with van der Waals surface area (Å²) >= 11 is 0. The summed E-state index contributed by atoms with van der Waals surface area (Å²) in [5, 5.41) is 21.6. The third-order valence-electron chi connectivity index (χ3n) is 7.05. The van der Waals surface area contributed by atoms with Gasteiger partial charge < -0.3 is 14.9 Å². The number of Topliss-reactive ketones (excluding diaryl/α,β-unsaturated/α-hetero) is 1. The van der Waals surface area contributed by atoms with E-state index in [0.29, 0.717) is 6.42 Å². The standard InChI is InChI=1S/C28H41NO5/c1-18-11-7-8-12-19(2)26(32)21(4)27(33)28(5,6)24(30)17-25(31)34-23(15-18)20(3)16-22-13-9-10-14-29-22/h9-11,13-14,16,19,21,23-24,26,30,32H,7-8,12,15,17H2,1-6H3. The van der Waals surface area contributed by atoms with E-state index >= 15 is 0 Å². The van der Waals surface area contributed by atoms with E-state index in [-0.39, 0.29) is 18.1 Å². The predicted octanol–water partition coefficient (Wildman–Crippen LogP) is 4.90. The van der Waals surface area contributed by atoms with Crippen LogP contribution in [0.4, 0.5) is 0 Å². The van der Waals surface area contributed by atoms with Crippen LogP contribution in [0.5, 0.6) is 0 Å². The number of hydrogen-bond donors (Lipinski definition) is 2. The monoisotopic (exact) mass is 471 g/mol. The van der Waals surface area contributed by atoms with Crippen molar-refractivity contribution < 1.29 is 24.5 Å². The molecule has 5 atom stereocenters. The lowest BCUT2D eigenvalue weighted by Gasteiger charge is -2.34. The van der Waals surface area contributed by atoms with Crippen molar-refractivity contribution >= 4 is 17.8 Å². The van der Waals surface area contributed by atoms with E-state index in [1.165, 1.54) is 0 Å². The van der Waals surface area contributed by atoms with Gasteiger partial charge in [-0.2, -0.15) is 0 Å². The number of nitrogens with zero attached hydrogens (tertiary/aromatic N) is 1. The van der Waals surface area contributed by atoms with Gasteiger partial charge in [-0.05, 0) is 62.8 Å². The maximum Gasteiger partial charge on any atom is 0.309 e. The van der Waals surface area contributed by atoms with Gasteiger partial charge in [0.1, 0.15) is 11.9 Å². The fourth-order valence-corrected chi connectivity index (χ4v) is 4.44. The van der Waals surface area contributed by atoms with E-state index < -0.39 is 35.6 Å². The number of ketones is 1. The molecule has 1 aromatic rings. The molecule has 2 N–H and O–H groups in total. The minimum absolute atomic E-state index is 0.0465. The minimum atomic E-state index is -1.22. The maximum absolute atomic E-state index is 13.2. The van der Waals surface area contributed by atoms with Gasteiger partial charge in [-0.15, -0.1) is 0 Å². The van der Waals surface area contributed by atoms with Gasteiger partial charge in [-0.3, -0.25) is 14.6 Å². The van der Waals surface area contributed by atoms with Crippen LogP contribution in [0.15, 0.2) is 41.6 Å². The smallest absolute Gasteiger partial charge is 0.309 e. The van der Waals surface area contributed by atoms with Gasteiger partial charge >= 0.3 is 5.97 Å². The Morgan fingerprint density at radius 2 is 1.88 bits per heavy atom. The molecule has 0 spiro atoms. The number of hydrogen-bond acceptors (Lipinski definition) is 6. The van der Waals surface area contributed by atoms with Crippen LogP contribution in [-0.2, 0) is 14.3 Å². The highest BCUT2D eigenvalue weighted by Gasteiger charge is 2.42. The Labute approximate surface area is 204 Å². The summed E-state index contributed by atoms with van der Waals surface area (Å²) in [6.07, 6.45) is 6.01. The van der Waals surface area contributed by atoms with Gasteiger partial charge in [0.25, 0.3) is 0 Å². The van der Waals surface area contributed by atoms with E-state index in [0.717, 1.165) is 36.1 Å². The van der Waals surface area contributed by atoms with E-state index in [4.69, 9.17) is 4.74 Å². The molecule has 6 heteroatoms. The third kappa shape index (κ3) is 7.60. The fraction of sp³-hybridized carbons (Fsp3) is 0.607. The molecule has 188 valence electrons. The number of esters is 1. The zero-order valence-electron chi connectivity index (χ0n) is 21.5. The average Bonchev–Trinajstić information content (AvgIpc) is 2.79. The first-order chi connectivity index (χ1) is 15.9. The first-order valence-corrected chi connectivity index (χ1v) is 12.3. The number of ether oxygens (including phenoxy) is 1. The van der Waals surface area contributed by atoms with Crippen LogP contribution in [0.25, 0.3) is 6.08 Å². The van der Waals surface area contributed by atoms with Gasteiger partial charge in [-0.1, -0.05) is 45.4 Å². The Balaban J connectivity index is 2.34. The third-order valence-corrected chi connectivity index (χ3v) is 7.05. The largest absolute Gasteiger partial charge is 0.457 e. The van der Waals surface area contributed by atoms with Crippen molar-refractivity contribution in [3.05, 3.63) is 47.3 Å². The summed E-state index contributed by atoms with van der Waals surface area (Å²) in [6, 6.07) is 5.63. The van der Waals surface area contributed by atoms with Crippen LogP contribution in [0.2, 0.25) is 0 Å². The fourth-order valence-electron chi connectivity index (χ4n) is 4.44. The van der Waals surface area contributed by atoms with Gasteiger partial charge in [0, 0.05) is 18.5 Å². The van der Waals surface area contributed by atoms with Gasteiger partial charge in [-0.25, -0.2) is 0 Å². The lowest BCUT2D eigenvalue weighted by atomic mass is 9.73. The molecule has 0 aromatic carbocycles. The molecule has 2 rings (SSSR count). The topological polar surface area (TPSA) is 96.7 Å². The second kappa shape index (κ2) is 12.4. The summed E-state index contributed by atoms with van der Waals surface area (Å²) in [7, 11) is 0. The molecule has 5 unspecified atom stereocenters. The average molecular weight is 472 g/mol. The van der Waals surface area contributed by atoms with Crippen molar-refractivity contribution in [1.29, 1.82) is 0 Å². The summed E-state index contributed by atoms with van der Waals surface area (Å²) in [6.45, 7) is 10.8. The molecular weight excluding hydrogens is 430 g/mol. The normalized spacial score (nSPS) is 30.4. The molecule has 34 heavy (non-hydrogen) atoms. The number of allylic oxidation sites excluding steroid dienone is 1. The van der Waals surface area contributed by atoms with E-state index in [1.807, 2.05) is 45.0 Å². The molecule has 2 heterocycles. The summed E-state index contributed by atoms with van der Waals surface area (Å²) in [5.41, 5.74) is 1.55. The van der Waals surface area contributed by atoms with Crippen LogP contribution in [-0.4, -0.2) is 45.3 Å². The molecule has 0 saturated heterocycles. The molecule has 0 bridgehead atoms. The van der Waals surface area contributed by atoms with E-state index in [9.17, 15) is 19.8 Å². The lowest BCUT2D eigenvalue weighted by molar-refractivity contribution is -0.154. The maximum atomic E-state index is 13.2. The Kier molecular flexibility index (Phi) is 10.2. The van der Waals surface area contributed by atoms with Gasteiger partial charge in [0.05, 0.1) is 29.7 Å². The minimum Gasteiger partial charge on any atom is -0.457 e. The zero-order chi connectivity index (χ0) is 25.5. The van der Waals surface area contributed by atoms with Gasteiger partial charge in [0.15, 0.2) is 0 Å². The first kappa shape index (κ1) is 27.9. The lowest BCUT2D eigenvalue weighted by Crippen LogP contribution is -2.45. The highest BCUT2D eigenvalue weighted by Crippen LogP contribution is 2.32. The predicted molar refractivity (Wildman–Crippen MR) is 134 cm³/mol. The van der Waals surface area contributed by atoms with E-state index in [1.54, 1.807) is 27.0 Å². The van der Waals surface area contributed by atoms with Crippen LogP contribution >= 0.6 is 0 Å². The van der Waals surface area contributed by atoms with Crippen molar-refractivity contribution in [2.75, 3.05) is 0 Å². The number of cyclic esters (lactones) is 1. The molecule has 0 radical (unpaired) electrons. The SMILES string of the molecule is CC1=CCCCC(C)C(O)C(C)C(=O)C(C)(C)C(O)CC(=O)OC(C(C)=Cc2ccccn2)C1. The molecule has 1 aliphatic heterocycles. The number of carbonyl (C=O) groups excluding carboxylic acids is 2. The zero-order valence-corrected chi connectivity index (χ0v) is 21.5. The van der Waals surface area contributed by atoms with E-state index in [2.05, 4.69) is 11.1 Å². The highest BCUT2D eigenvalue weighted by molar-refractivity contribution is 5.88. The Hall–Kier alpha value is -2.31. The van der Waals surface area contributed by atoms with Crippen molar-refractivity contribution in [3.8, 4) is 0 Å². The Morgan fingerprint density at radius 3 is 2.53 bits per heavy atom. The van der Waals surface area contributed by atoms with Gasteiger partial charge in [0.2, 0.25) is 0 Å². The molecular formula is C28H41NO5. The number of aliphatic hydroxyl groups is 2. The highest BCUT2D eigenvalue weighted by atomic mass is 16.5. The molecule has 6 nitrogen and oxygen atoms in total. The van der Waals surface area contributed by atoms with Crippen LogP contribution in [0.3, 0.4) is 0 Å². The first-order valence-electron chi connectivity index (χ1n) is 12.3. The number of aliphatic hydroxyl groups excluding tert-OH is 2. The summed E-state index contributed by atoms with van der Waals surface area (Å²) in [5.74, 6) is -1.50. The van der Waals surface area contributed by atoms with Crippen molar-refractivity contribution in [2.45, 2.75) is 92.0 Å². The Bertz CT molecular complexity index is 889. The molecule has 0 aliphatic carbocycles. The summed E-state index contributed by atoms with van der Waals surface area (Å²) in [4.78, 5) is 30.3. The Morgan fingerprint density at radius 1 is 1.18 bits per heavy atom. The number of carbonyl (C=O) groups is 2. The number of aromatic nitrogens is 1.